The predicted octanol–water partition coefficient (Wildman–Crippen LogP) is 0.223. The van der Waals surface area contributed by atoms with Crippen LogP contribution in [0.5, 0.6) is 0 Å². The van der Waals surface area contributed by atoms with Crippen LogP contribution in [-0.4, -0.2) is 88.2 Å². The largest absolute Gasteiger partial charge is 0.481 e. The number of nitrogens with zero attached hydrogens (tertiary/aromatic N) is 1. The summed E-state index contributed by atoms with van der Waals surface area (Å²) in [6.45, 7) is 6.56. The Balaban J connectivity index is 3.14. The highest BCUT2D eigenvalue weighted by Gasteiger charge is 2.34. The van der Waals surface area contributed by atoms with Crippen LogP contribution < -0.4 is 32.7 Å². The molecule has 0 aliphatic heterocycles. The number of carboxylic acids is 2. The maximum atomic E-state index is 13.4. The van der Waals surface area contributed by atoms with Gasteiger partial charge >= 0.3 is 11.9 Å². The van der Waals surface area contributed by atoms with Gasteiger partial charge in [-0.25, -0.2) is 0 Å². The van der Waals surface area contributed by atoms with Crippen LogP contribution in [0.1, 0.15) is 78.2 Å². The Morgan fingerprint density at radius 3 is 1.84 bits per heavy atom. The van der Waals surface area contributed by atoms with Crippen LogP contribution in [0.2, 0.25) is 0 Å². The molecule has 1 aromatic carbocycles. The summed E-state index contributed by atoms with van der Waals surface area (Å²) in [5.41, 5.74) is 11.4. The summed E-state index contributed by atoms with van der Waals surface area (Å²) in [7, 11) is 0. The Bertz CT molecular complexity index is 1320. The summed E-state index contributed by atoms with van der Waals surface area (Å²) in [6, 6.07) is 3.74. The number of aliphatic imine (C=N–C) groups is 1. The van der Waals surface area contributed by atoms with Gasteiger partial charge in [0.05, 0.1) is 18.4 Å². The molecule has 1 aromatic rings. The minimum atomic E-state index is -1.63. The second-order valence-corrected chi connectivity index (χ2v) is 12.2. The summed E-state index contributed by atoms with van der Waals surface area (Å²) in [5.74, 6) is -7.84. The van der Waals surface area contributed by atoms with Crippen molar-refractivity contribution >= 4 is 47.3 Å². The van der Waals surface area contributed by atoms with Gasteiger partial charge in [-0.2, -0.15) is 0 Å². The van der Waals surface area contributed by atoms with Crippen molar-refractivity contribution in [1.29, 1.82) is 0 Å². The van der Waals surface area contributed by atoms with Gasteiger partial charge in [0.15, 0.2) is 11.7 Å². The fourth-order valence-electron chi connectivity index (χ4n) is 5.01. The number of aliphatic carboxylic acids is 2. The third kappa shape index (κ3) is 16.6. The van der Waals surface area contributed by atoms with Gasteiger partial charge < -0.3 is 42.9 Å². The van der Waals surface area contributed by atoms with Crippen LogP contribution in [-0.2, 0) is 40.0 Å². The minimum Gasteiger partial charge on any atom is -0.481 e. The van der Waals surface area contributed by atoms with E-state index in [9.17, 15) is 43.8 Å². The highest BCUT2D eigenvalue weighted by atomic mass is 16.4. The van der Waals surface area contributed by atoms with Crippen LogP contribution in [0.15, 0.2) is 35.3 Å². The monoisotopic (exact) mass is 689 g/mol. The van der Waals surface area contributed by atoms with E-state index in [2.05, 4.69) is 26.3 Å². The van der Waals surface area contributed by atoms with Crippen molar-refractivity contribution in [3.63, 3.8) is 0 Å². The van der Waals surface area contributed by atoms with E-state index in [0.717, 1.165) is 5.56 Å². The molecular weight excluding hydrogens is 638 g/mol. The Kier molecular flexibility index (Phi) is 18.7. The first-order valence-electron chi connectivity index (χ1n) is 16.3. The van der Waals surface area contributed by atoms with Gasteiger partial charge in [-0.05, 0) is 37.2 Å². The van der Waals surface area contributed by atoms with Gasteiger partial charge in [0.2, 0.25) is 23.6 Å². The molecule has 16 heteroatoms. The fourth-order valence-corrected chi connectivity index (χ4v) is 5.01. The number of carboxylic acid groups (broad SMARTS) is 2. The van der Waals surface area contributed by atoms with Crippen LogP contribution >= 0.6 is 0 Å². The van der Waals surface area contributed by atoms with Crippen LogP contribution in [0.3, 0.4) is 0 Å². The van der Waals surface area contributed by atoms with Crippen molar-refractivity contribution in [1.82, 2.24) is 21.3 Å². The molecule has 0 spiro atoms. The normalized spacial score (nSPS) is 13.9. The third-order valence-electron chi connectivity index (χ3n) is 7.56. The molecule has 0 bridgehead atoms. The molecule has 49 heavy (non-hydrogen) atoms. The molecule has 0 aliphatic carbocycles. The predicted molar refractivity (Wildman–Crippen MR) is 181 cm³/mol. The lowest BCUT2D eigenvalue weighted by atomic mass is 9.89. The number of nitrogens with two attached hydrogens (primary N) is 2. The average Bonchev–Trinajstić information content (AvgIpc) is 3.01. The third-order valence-corrected chi connectivity index (χ3v) is 7.56. The molecule has 272 valence electrons. The number of rotatable bonds is 23. The molecule has 10 N–H and O–H groups in total. The molecule has 0 fully saturated rings. The number of ketones is 1. The SMILES string of the molecule is CCCC[C@H](NC(=O)[C@H](CCCN=C(N)N)NC(C)=O)C(=O)N[C@@H](CC(=O)O)C(=O)N[C@H](C(=O)C[C@H](Cc1ccccc1)C(=O)O)C(C)C. The maximum Gasteiger partial charge on any atom is 0.307 e. The van der Waals surface area contributed by atoms with Gasteiger partial charge in [0.25, 0.3) is 0 Å². The van der Waals surface area contributed by atoms with Crippen LogP contribution in [0, 0.1) is 11.8 Å². The number of carbonyl (C=O) groups is 7. The Morgan fingerprint density at radius 1 is 0.776 bits per heavy atom. The van der Waals surface area contributed by atoms with E-state index in [0.29, 0.717) is 19.3 Å². The summed E-state index contributed by atoms with van der Waals surface area (Å²) in [5, 5.41) is 29.3. The van der Waals surface area contributed by atoms with Crippen molar-refractivity contribution in [3.05, 3.63) is 35.9 Å². The molecule has 0 unspecified atom stereocenters. The van der Waals surface area contributed by atoms with E-state index in [1.54, 1.807) is 44.2 Å². The lowest BCUT2D eigenvalue weighted by Crippen LogP contribution is -2.58. The summed E-state index contributed by atoms with van der Waals surface area (Å²) >= 11 is 0. The van der Waals surface area contributed by atoms with Gasteiger partial charge in [-0.1, -0.05) is 63.9 Å². The lowest BCUT2D eigenvalue weighted by molar-refractivity contribution is -0.144. The number of Topliss-reactive ketones (excluding diaryl/α,β-unsaturated/α-hetero) is 1. The zero-order chi connectivity index (χ0) is 37.1. The molecular formula is C33H51N7O9. The number of hydrogen-bond donors (Lipinski definition) is 8. The van der Waals surface area contributed by atoms with E-state index in [1.807, 2.05) is 6.92 Å². The summed E-state index contributed by atoms with van der Waals surface area (Å²) in [4.78, 5) is 92.7. The molecule has 1 rings (SSSR count). The number of guanidine groups is 1. The quantitative estimate of drug-likeness (QED) is 0.0437. The summed E-state index contributed by atoms with van der Waals surface area (Å²) < 4.78 is 0. The second kappa shape index (κ2) is 21.8. The maximum absolute atomic E-state index is 13.4. The zero-order valence-electron chi connectivity index (χ0n) is 28.6. The molecule has 0 aliphatic rings. The number of benzene rings is 1. The first-order chi connectivity index (χ1) is 23.0. The van der Waals surface area contributed by atoms with Crippen LogP contribution in [0.25, 0.3) is 0 Å². The Morgan fingerprint density at radius 2 is 1.33 bits per heavy atom. The molecule has 0 saturated heterocycles. The van der Waals surface area contributed by atoms with E-state index in [-0.39, 0.29) is 31.8 Å². The van der Waals surface area contributed by atoms with Crippen molar-refractivity contribution in [2.75, 3.05) is 6.54 Å². The van der Waals surface area contributed by atoms with Crippen LogP contribution in [0.4, 0.5) is 0 Å². The number of unbranched alkanes of at least 4 members (excludes halogenated alkanes) is 1. The highest BCUT2D eigenvalue weighted by Crippen LogP contribution is 2.17. The minimum absolute atomic E-state index is 0.0856. The van der Waals surface area contributed by atoms with E-state index in [4.69, 9.17) is 11.5 Å². The first kappa shape index (κ1) is 42.0. The van der Waals surface area contributed by atoms with Gasteiger partial charge in [0.1, 0.15) is 18.1 Å². The van der Waals surface area contributed by atoms with E-state index >= 15 is 0 Å². The number of amides is 4. The average molecular weight is 690 g/mol. The van der Waals surface area contributed by atoms with Crippen molar-refractivity contribution in [2.24, 2.45) is 28.3 Å². The van der Waals surface area contributed by atoms with Crippen molar-refractivity contribution in [3.8, 4) is 0 Å². The topological polar surface area (TPSA) is 272 Å². The number of carbonyl (C=O) groups excluding carboxylic acids is 5. The molecule has 0 heterocycles. The molecule has 0 aromatic heterocycles. The molecule has 0 saturated carbocycles. The molecule has 5 atom stereocenters. The van der Waals surface area contributed by atoms with Gasteiger partial charge in [-0.3, -0.25) is 38.6 Å². The smallest absolute Gasteiger partial charge is 0.307 e. The number of hydrogen-bond acceptors (Lipinski definition) is 8. The fraction of sp³-hybridized carbons (Fsp3) is 0.576. The lowest BCUT2D eigenvalue weighted by Gasteiger charge is -2.27. The Labute approximate surface area is 286 Å². The standard InChI is InChI=1S/C33H51N7O9/c1-5-6-13-24(38-29(45)23(37-20(4)41)14-10-15-36-33(34)35)30(46)39-25(18-27(43)44)31(47)40-28(19(2)3)26(42)17-22(32(48)49)16-21-11-8-7-9-12-21/h7-9,11-12,19,22-25,28H,5-6,10,13-18H2,1-4H3,(H,37,41)(H,38,45)(H,39,46)(H,40,47)(H,43,44)(H,48,49)(H4,34,35,36)/t22-,23-,24-,25-,28-/m0/s1. The van der Waals surface area contributed by atoms with E-state index in [1.165, 1.54) is 6.92 Å². The second-order valence-electron chi connectivity index (χ2n) is 12.2. The number of nitrogens with one attached hydrogen (secondary N) is 4. The summed E-state index contributed by atoms with van der Waals surface area (Å²) in [6.07, 6.45) is 0.605. The van der Waals surface area contributed by atoms with Crippen molar-refractivity contribution in [2.45, 2.75) is 103 Å². The first-order valence-corrected chi connectivity index (χ1v) is 16.3. The van der Waals surface area contributed by atoms with E-state index < -0.39 is 90.2 Å². The zero-order valence-corrected chi connectivity index (χ0v) is 28.6. The highest BCUT2D eigenvalue weighted by molar-refractivity contribution is 5.97. The Hall–Kier alpha value is -5.02. The molecule has 0 radical (unpaired) electrons. The molecule has 4 amide bonds. The van der Waals surface area contributed by atoms with Crippen molar-refractivity contribution < 1.29 is 43.8 Å². The van der Waals surface area contributed by atoms with Gasteiger partial charge in [-0.15, -0.1) is 0 Å². The van der Waals surface area contributed by atoms with Gasteiger partial charge in [0, 0.05) is 19.9 Å². The molecule has 16 nitrogen and oxygen atoms in total.